The van der Waals surface area contributed by atoms with Crippen molar-refractivity contribution in [3.63, 3.8) is 0 Å². The number of ether oxygens (including phenoxy) is 3. The Morgan fingerprint density at radius 3 is 2.74 bits per heavy atom. The minimum Gasteiger partial charge on any atom is -0.492 e. The molecule has 3 N–H and O–H groups in total. The van der Waals surface area contributed by atoms with E-state index in [1.807, 2.05) is 50.2 Å². The fourth-order valence-electron chi connectivity index (χ4n) is 3.58. The van der Waals surface area contributed by atoms with Gasteiger partial charge in [0.15, 0.2) is 11.3 Å². The highest BCUT2D eigenvalue weighted by Crippen LogP contribution is 2.31. The summed E-state index contributed by atoms with van der Waals surface area (Å²) < 4.78 is 16.8. The summed E-state index contributed by atoms with van der Waals surface area (Å²) >= 11 is 0. The summed E-state index contributed by atoms with van der Waals surface area (Å²) in [5.74, 6) is -0.522. The van der Waals surface area contributed by atoms with Gasteiger partial charge in [-0.1, -0.05) is 0 Å². The Bertz CT molecular complexity index is 1370. The number of carboxylic acid groups (broad SMARTS) is 1. The number of fused-ring (bicyclic) bond motifs is 1. The third kappa shape index (κ3) is 6.77. The van der Waals surface area contributed by atoms with Crippen LogP contribution in [0.25, 0.3) is 17.1 Å². The van der Waals surface area contributed by atoms with Crippen molar-refractivity contribution in [1.29, 1.82) is 0 Å². The van der Waals surface area contributed by atoms with Crippen molar-refractivity contribution in [1.82, 2.24) is 14.9 Å². The van der Waals surface area contributed by atoms with Crippen molar-refractivity contribution >= 4 is 41.0 Å². The lowest BCUT2D eigenvalue weighted by Crippen LogP contribution is -2.19. The van der Waals surface area contributed by atoms with Crippen LogP contribution in [0.3, 0.4) is 0 Å². The fraction of sp³-hybridized carbons (Fsp3) is 0.259. The van der Waals surface area contributed by atoms with Crippen molar-refractivity contribution in [3.8, 4) is 5.75 Å². The number of ketones is 1. The summed E-state index contributed by atoms with van der Waals surface area (Å²) in [5.41, 5.74) is 2.76. The van der Waals surface area contributed by atoms with Crippen molar-refractivity contribution in [3.05, 3.63) is 71.1 Å². The van der Waals surface area contributed by atoms with E-state index in [2.05, 4.69) is 15.3 Å². The number of pyridine rings is 1. The third-order valence-corrected chi connectivity index (χ3v) is 5.39. The Morgan fingerprint density at radius 1 is 1.29 bits per heavy atom. The Hall–Kier alpha value is -4.64. The molecule has 3 aromatic rings. The Balaban J connectivity index is 0.00000127. The molecule has 0 bridgehead atoms. The zero-order valence-corrected chi connectivity index (χ0v) is 21.6. The zero-order valence-electron chi connectivity index (χ0n) is 21.6. The summed E-state index contributed by atoms with van der Waals surface area (Å²) in [5, 5.41) is 10.8. The second-order valence-corrected chi connectivity index (χ2v) is 8.37. The van der Waals surface area contributed by atoms with Crippen LogP contribution in [0.15, 0.2) is 59.9 Å². The van der Waals surface area contributed by atoms with Crippen LogP contribution in [0, 0.1) is 6.92 Å². The number of carbonyl (C=O) groups is 3. The first kappa shape index (κ1) is 27.9. The molecule has 11 heteroatoms. The van der Waals surface area contributed by atoms with Gasteiger partial charge in [-0.05, 0) is 69.9 Å². The molecule has 0 fully saturated rings. The largest absolute Gasteiger partial charge is 0.492 e. The van der Waals surface area contributed by atoms with Crippen molar-refractivity contribution < 1.29 is 33.7 Å². The predicted octanol–water partition coefficient (Wildman–Crippen LogP) is 3.34. The van der Waals surface area contributed by atoms with Gasteiger partial charge in [0, 0.05) is 35.6 Å². The number of aromatic nitrogens is 2. The highest BCUT2D eigenvalue weighted by molar-refractivity contribution is 6.26. The monoisotopic (exact) mass is 522 g/mol. The van der Waals surface area contributed by atoms with Gasteiger partial charge >= 0.3 is 5.97 Å². The number of hydrogen-bond donors (Lipinski definition) is 3. The van der Waals surface area contributed by atoms with Crippen LogP contribution in [0.5, 0.6) is 5.75 Å². The number of rotatable bonds is 9. The van der Waals surface area contributed by atoms with Crippen LogP contribution in [-0.4, -0.2) is 72.1 Å². The van der Waals surface area contributed by atoms with E-state index in [1.165, 1.54) is 0 Å². The van der Waals surface area contributed by atoms with Crippen LogP contribution in [0.2, 0.25) is 0 Å². The number of H-pyrrole nitrogens is 1. The van der Waals surface area contributed by atoms with Crippen LogP contribution in [0.4, 0.5) is 5.69 Å². The highest BCUT2D eigenvalue weighted by Gasteiger charge is 2.37. The number of allylic oxidation sites excluding steroid dienone is 1. The van der Waals surface area contributed by atoms with Gasteiger partial charge in [-0.3, -0.25) is 9.59 Å². The second-order valence-electron chi connectivity index (χ2n) is 8.37. The number of Topliss-reactive ketones (excluding diaryl/α,β-unsaturated/α-hetero) is 1. The second kappa shape index (κ2) is 13.1. The number of likely N-dealkylation sites (N-methyl/N-ethyl adjacent to an activating group) is 1. The predicted molar refractivity (Wildman–Crippen MR) is 141 cm³/mol. The number of benzene rings is 1. The number of hydrogen-bond acceptors (Lipinski definition) is 9. The van der Waals surface area contributed by atoms with Gasteiger partial charge in [0.25, 0.3) is 6.47 Å². The van der Waals surface area contributed by atoms with Gasteiger partial charge < -0.3 is 34.5 Å². The maximum atomic E-state index is 13.2. The number of carbonyl (C=O) groups excluding carboxylic acids is 2. The van der Waals surface area contributed by atoms with Gasteiger partial charge in [-0.15, -0.1) is 0 Å². The number of esters is 1. The summed E-state index contributed by atoms with van der Waals surface area (Å²) in [4.78, 5) is 43.5. The summed E-state index contributed by atoms with van der Waals surface area (Å²) in [6.07, 6.45) is 5.00. The minimum absolute atomic E-state index is 0.0154. The standard InChI is InChI=1S/C26H28N4O5.CH2O2/c1-5-33-26(32)22-23(31)21(14-17-15-28-24-19(17)7-6-10-27-24)35-25(22)29-20-9-8-18(13-16(20)2)34-12-11-30(3)4;2-1-3/h6-10,13-15,29H,5,11-12H2,1-4H3,(H,27,28);1H,(H,2,3). The van der Waals surface area contributed by atoms with Gasteiger partial charge in [0.05, 0.1) is 6.61 Å². The molecule has 1 aliphatic rings. The van der Waals surface area contributed by atoms with Gasteiger partial charge in [-0.25, -0.2) is 9.78 Å². The molecule has 0 saturated carbocycles. The van der Waals surface area contributed by atoms with Gasteiger partial charge in [0.1, 0.15) is 18.0 Å². The maximum Gasteiger partial charge on any atom is 0.347 e. The molecule has 11 nitrogen and oxygen atoms in total. The molecule has 0 unspecified atom stereocenters. The average molecular weight is 523 g/mol. The molecule has 0 saturated heterocycles. The SMILES string of the molecule is CCOC(=O)C1=C(Nc2ccc(OCCN(C)C)cc2C)OC(=Cc2c[nH]c3ncccc23)C1=O.O=CO. The number of nitrogens with zero attached hydrogens (tertiary/aromatic N) is 2. The van der Waals surface area contributed by atoms with E-state index in [9.17, 15) is 9.59 Å². The molecule has 4 rings (SSSR count). The number of aryl methyl sites for hydroxylation is 1. The molecule has 1 aromatic carbocycles. The normalized spacial score (nSPS) is 13.8. The molecule has 0 spiro atoms. The number of anilines is 1. The molecule has 200 valence electrons. The van der Waals surface area contributed by atoms with E-state index < -0.39 is 11.8 Å². The highest BCUT2D eigenvalue weighted by atomic mass is 16.5. The molecule has 0 aliphatic carbocycles. The molecule has 1 aliphatic heterocycles. The lowest BCUT2D eigenvalue weighted by atomic mass is 10.1. The molecule has 0 amide bonds. The van der Waals surface area contributed by atoms with Crippen LogP contribution in [-0.2, 0) is 23.9 Å². The summed E-state index contributed by atoms with van der Waals surface area (Å²) in [6.45, 7) is 4.83. The topological polar surface area (TPSA) is 143 Å². The van der Waals surface area contributed by atoms with E-state index >= 15 is 0 Å². The molecule has 0 radical (unpaired) electrons. The van der Waals surface area contributed by atoms with Gasteiger partial charge in [-0.2, -0.15) is 0 Å². The number of nitrogens with one attached hydrogen (secondary N) is 2. The van der Waals surface area contributed by atoms with Crippen molar-refractivity contribution in [2.24, 2.45) is 0 Å². The molecule has 0 atom stereocenters. The van der Waals surface area contributed by atoms with E-state index in [1.54, 1.807) is 31.5 Å². The Labute approximate surface area is 219 Å². The fourth-order valence-corrected chi connectivity index (χ4v) is 3.58. The molecular weight excluding hydrogens is 492 g/mol. The quantitative estimate of drug-likeness (QED) is 0.166. The van der Waals surface area contributed by atoms with Gasteiger partial charge in [0.2, 0.25) is 11.7 Å². The van der Waals surface area contributed by atoms with Crippen molar-refractivity contribution in [2.45, 2.75) is 13.8 Å². The Morgan fingerprint density at radius 2 is 2.05 bits per heavy atom. The van der Waals surface area contributed by atoms with Crippen molar-refractivity contribution in [2.75, 3.05) is 39.2 Å². The first-order valence-electron chi connectivity index (χ1n) is 11.8. The van der Waals surface area contributed by atoms with Crippen LogP contribution in [0.1, 0.15) is 18.1 Å². The molecule has 3 heterocycles. The van der Waals surface area contributed by atoms with E-state index in [0.717, 1.165) is 28.8 Å². The smallest absolute Gasteiger partial charge is 0.347 e. The molecule has 2 aromatic heterocycles. The molecular formula is C27H30N4O7. The Kier molecular flexibility index (Phi) is 9.60. The van der Waals surface area contributed by atoms with E-state index in [0.29, 0.717) is 17.9 Å². The zero-order chi connectivity index (χ0) is 27.7. The number of aromatic amines is 1. The van der Waals surface area contributed by atoms with Crippen LogP contribution < -0.4 is 10.1 Å². The van der Waals surface area contributed by atoms with E-state index in [-0.39, 0.29) is 30.3 Å². The lowest BCUT2D eigenvalue weighted by Gasteiger charge is -2.14. The lowest BCUT2D eigenvalue weighted by molar-refractivity contribution is -0.139. The first-order valence-corrected chi connectivity index (χ1v) is 11.8. The maximum absolute atomic E-state index is 13.2. The molecule has 38 heavy (non-hydrogen) atoms. The first-order chi connectivity index (χ1) is 18.3. The minimum atomic E-state index is -0.745. The third-order valence-electron chi connectivity index (χ3n) is 5.39. The van der Waals surface area contributed by atoms with E-state index in [4.69, 9.17) is 24.1 Å². The average Bonchev–Trinajstić information content (AvgIpc) is 3.42. The summed E-state index contributed by atoms with van der Waals surface area (Å²) in [7, 11) is 3.97. The van der Waals surface area contributed by atoms with Crippen LogP contribution >= 0.6 is 0 Å². The summed E-state index contributed by atoms with van der Waals surface area (Å²) in [6, 6.07) is 9.21.